The molecule has 33 heavy (non-hydrogen) atoms. The van der Waals surface area contributed by atoms with E-state index < -0.39 is 0 Å². The molecule has 0 aromatic heterocycles. The number of hydrogen-bond acceptors (Lipinski definition) is 5. The second-order valence-corrected chi connectivity index (χ2v) is 8.10. The number of hydrogen-bond donors (Lipinski definition) is 0. The highest BCUT2D eigenvalue weighted by Gasteiger charge is 2.10. The van der Waals surface area contributed by atoms with Crippen LogP contribution in [0.2, 0.25) is 0 Å². The van der Waals surface area contributed by atoms with Crippen LogP contribution in [0.1, 0.15) is 66.9 Å². The Hall–Kier alpha value is -3.08. The molecular formula is C28H36O5. The monoisotopic (exact) mass is 452 g/mol. The Morgan fingerprint density at radius 2 is 1.64 bits per heavy atom. The molecule has 2 aromatic carbocycles. The van der Waals surface area contributed by atoms with Gasteiger partial charge in [0, 0.05) is 6.42 Å². The summed E-state index contributed by atoms with van der Waals surface area (Å²) < 4.78 is 15.3. The minimum atomic E-state index is -0.331. The maximum absolute atomic E-state index is 11.7. The predicted octanol–water partition coefficient (Wildman–Crippen LogP) is 6.26. The van der Waals surface area contributed by atoms with Crippen LogP contribution in [0.15, 0.2) is 54.6 Å². The molecule has 2 aromatic rings. The Bertz CT molecular complexity index is 868. The van der Waals surface area contributed by atoms with Crippen molar-refractivity contribution in [3.63, 3.8) is 0 Å². The first-order valence-corrected chi connectivity index (χ1v) is 11.7. The first kappa shape index (κ1) is 26.2. The van der Waals surface area contributed by atoms with Gasteiger partial charge in [0.2, 0.25) is 0 Å². The Labute approximate surface area is 197 Å². The van der Waals surface area contributed by atoms with Crippen molar-refractivity contribution < 1.29 is 23.8 Å². The van der Waals surface area contributed by atoms with E-state index in [1.807, 2.05) is 24.3 Å². The van der Waals surface area contributed by atoms with Gasteiger partial charge in [-0.25, -0.2) is 4.79 Å². The summed E-state index contributed by atoms with van der Waals surface area (Å²) in [7, 11) is 2.81. The normalized spacial score (nSPS) is 11.8. The number of methoxy groups -OCH3 is 2. The van der Waals surface area contributed by atoms with Gasteiger partial charge in [0.1, 0.15) is 5.75 Å². The third-order valence-electron chi connectivity index (χ3n) is 5.51. The molecule has 5 nitrogen and oxygen atoms in total. The van der Waals surface area contributed by atoms with Crippen molar-refractivity contribution in [3.05, 3.63) is 71.3 Å². The number of rotatable bonds is 14. The summed E-state index contributed by atoms with van der Waals surface area (Å²) in [5, 5.41) is 0. The van der Waals surface area contributed by atoms with Crippen molar-refractivity contribution in [2.75, 3.05) is 20.8 Å². The van der Waals surface area contributed by atoms with E-state index in [0.717, 1.165) is 62.0 Å². The van der Waals surface area contributed by atoms with Crippen LogP contribution in [0.5, 0.6) is 5.75 Å². The lowest BCUT2D eigenvalue weighted by atomic mass is 9.92. The van der Waals surface area contributed by atoms with E-state index in [2.05, 4.69) is 31.2 Å². The fraction of sp³-hybridized carbons (Fsp3) is 0.429. The topological polar surface area (TPSA) is 61.8 Å². The fourth-order valence-corrected chi connectivity index (χ4v) is 3.50. The molecule has 178 valence electrons. The molecule has 5 heteroatoms. The van der Waals surface area contributed by atoms with Crippen LogP contribution in [0, 0.1) is 5.92 Å². The molecule has 0 radical (unpaired) electrons. The standard InChI is InChI=1S/C28H36O5/c1-4-5-20-33-26-18-14-22(15-19-26)10-11-23(8-6-7-9-27(29)31-2)21-24-12-16-25(17-13-24)28(30)32-3/h10-19,23H,4-9,20-21H2,1-3H3/b11-10+. The number of carbonyl (C=O) groups is 2. The van der Waals surface area contributed by atoms with Crippen molar-refractivity contribution in [2.24, 2.45) is 5.92 Å². The molecule has 0 N–H and O–H groups in total. The van der Waals surface area contributed by atoms with Gasteiger partial charge in [-0.1, -0.05) is 56.2 Å². The van der Waals surface area contributed by atoms with E-state index in [1.165, 1.54) is 14.2 Å². The molecule has 0 spiro atoms. The number of unbranched alkanes of at least 4 members (excludes halogenated alkanes) is 2. The summed E-state index contributed by atoms with van der Waals surface area (Å²) in [6, 6.07) is 15.7. The van der Waals surface area contributed by atoms with E-state index in [9.17, 15) is 9.59 Å². The van der Waals surface area contributed by atoms with Gasteiger partial charge >= 0.3 is 11.9 Å². The highest BCUT2D eigenvalue weighted by atomic mass is 16.5. The van der Waals surface area contributed by atoms with Gasteiger partial charge in [-0.3, -0.25) is 4.79 Å². The SMILES string of the molecule is CCCCOc1ccc(/C=C/C(CCCCC(=O)OC)Cc2ccc(C(=O)OC)cc2)cc1. The zero-order valence-electron chi connectivity index (χ0n) is 20.0. The van der Waals surface area contributed by atoms with Crippen LogP contribution in [0.4, 0.5) is 0 Å². The maximum atomic E-state index is 11.7. The first-order chi connectivity index (χ1) is 16.0. The molecule has 1 unspecified atom stereocenters. The van der Waals surface area contributed by atoms with Crippen molar-refractivity contribution in [3.8, 4) is 5.75 Å². The van der Waals surface area contributed by atoms with Crippen LogP contribution >= 0.6 is 0 Å². The van der Waals surface area contributed by atoms with Crippen molar-refractivity contribution in [1.82, 2.24) is 0 Å². The van der Waals surface area contributed by atoms with Crippen molar-refractivity contribution in [1.29, 1.82) is 0 Å². The molecule has 0 bridgehead atoms. The summed E-state index contributed by atoms with van der Waals surface area (Å²) >= 11 is 0. The molecule has 0 saturated carbocycles. The lowest BCUT2D eigenvalue weighted by molar-refractivity contribution is -0.140. The van der Waals surface area contributed by atoms with Gasteiger partial charge in [-0.05, 0) is 67.0 Å². The first-order valence-electron chi connectivity index (χ1n) is 11.7. The number of allylic oxidation sites excluding steroid dienone is 1. The molecule has 0 amide bonds. The quantitative estimate of drug-likeness (QED) is 0.250. The Morgan fingerprint density at radius 1 is 0.909 bits per heavy atom. The number of carbonyl (C=O) groups excluding carboxylic acids is 2. The van der Waals surface area contributed by atoms with Crippen LogP contribution in [0.25, 0.3) is 6.08 Å². The smallest absolute Gasteiger partial charge is 0.337 e. The molecule has 0 heterocycles. The summed E-state index contributed by atoms with van der Waals surface area (Å²) in [4.78, 5) is 23.1. The largest absolute Gasteiger partial charge is 0.494 e. The summed E-state index contributed by atoms with van der Waals surface area (Å²) in [6.07, 6.45) is 10.6. The second kappa shape index (κ2) is 14.9. The molecule has 0 saturated heterocycles. The van der Waals surface area contributed by atoms with Gasteiger partial charge < -0.3 is 14.2 Å². The van der Waals surface area contributed by atoms with Crippen molar-refractivity contribution in [2.45, 2.75) is 51.9 Å². The van der Waals surface area contributed by atoms with E-state index in [0.29, 0.717) is 17.9 Å². The lowest BCUT2D eigenvalue weighted by Crippen LogP contribution is -2.05. The average molecular weight is 453 g/mol. The third-order valence-corrected chi connectivity index (χ3v) is 5.51. The molecule has 0 fully saturated rings. The molecule has 0 aliphatic heterocycles. The predicted molar refractivity (Wildman–Crippen MR) is 131 cm³/mol. The summed E-state index contributed by atoms with van der Waals surface area (Å²) in [6.45, 7) is 2.89. The van der Waals surface area contributed by atoms with E-state index in [4.69, 9.17) is 14.2 Å². The highest BCUT2D eigenvalue weighted by molar-refractivity contribution is 5.89. The zero-order valence-corrected chi connectivity index (χ0v) is 20.0. The van der Waals surface area contributed by atoms with Crippen LogP contribution in [-0.4, -0.2) is 32.8 Å². The minimum absolute atomic E-state index is 0.165. The molecule has 0 aliphatic rings. The Balaban J connectivity index is 2.01. The van der Waals surface area contributed by atoms with Gasteiger partial charge in [-0.15, -0.1) is 0 Å². The number of ether oxygens (including phenoxy) is 3. The maximum Gasteiger partial charge on any atom is 0.337 e. The molecule has 0 aliphatic carbocycles. The molecular weight excluding hydrogens is 416 g/mol. The van der Waals surface area contributed by atoms with Crippen LogP contribution in [0.3, 0.4) is 0 Å². The van der Waals surface area contributed by atoms with Crippen LogP contribution < -0.4 is 4.74 Å². The Kier molecular flexibility index (Phi) is 11.8. The van der Waals surface area contributed by atoms with Crippen LogP contribution in [-0.2, 0) is 20.7 Å². The molecule has 2 rings (SSSR count). The lowest BCUT2D eigenvalue weighted by Gasteiger charge is -2.14. The zero-order chi connectivity index (χ0) is 23.9. The summed E-state index contributed by atoms with van der Waals surface area (Å²) in [5.41, 5.74) is 2.83. The van der Waals surface area contributed by atoms with Gasteiger partial charge in [0.05, 0.1) is 26.4 Å². The van der Waals surface area contributed by atoms with Gasteiger partial charge in [-0.2, -0.15) is 0 Å². The Morgan fingerprint density at radius 3 is 2.27 bits per heavy atom. The second-order valence-electron chi connectivity index (χ2n) is 8.10. The van der Waals surface area contributed by atoms with Gasteiger partial charge in [0.15, 0.2) is 0 Å². The van der Waals surface area contributed by atoms with Crippen molar-refractivity contribution >= 4 is 18.0 Å². The number of benzene rings is 2. The minimum Gasteiger partial charge on any atom is -0.494 e. The van der Waals surface area contributed by atoms with E-state index in [-0.39, 0.29) is 11.9 Å². The fourth-order valence-electron chi connectivity index (χ4n) is 3.50. The summed E-state index contributed by atoms with van der Waals surface area (Å²) in [5.74, 6) is 0.711. The number of esters is 2. The van der Waals surface area contributed by atoms with Gasteiger partial charge in [0.25, 0.3) is 0 Å². The van der Waals surface area contributed by atoms with E-state index >= 15 is 0 Å². The average Bonchev–Trinajstić information content (AvgIpc) is 2.85. The molecule has 1 atom stereocenters. The third kappa shape index (κ3) is 9.94. The highest BCUT2D eigenvalue weighted by Crippen LogP contribution is 2.21. The van der Waals surface area contributed by atoms with E-state index in [1.54, 1.807) is 12.1 Å².